The maximum atomic E-state index is 14.9. The molecule has 4 bridgehead atoms. The summed E-state index contributed by atoms with van der Waals surface area (Å²) in [5, 5.41) is 63.7. The average molecular weight is 885 g/mol. The summed E-state index contributed by atoms with van der Waals surface area (Å²) in [6.45, 7) is -0.611. The van der Waals surface area contributed by atoms with Gasteiger partial charge in [-0.3, -0.25) is 0 Å². The number of ether oxygens (including phenoxy) is 7. The molecule has 17 heteroatoms. The third kappa shape index (κ3) is 7.26. The summed E-state index contributed by atoms with van der Waals surface area (Å²) in [4.78, 5) is 43.5. The highest BCUT2D eigenvalue weighted by Crippen LogP contribution is 2.49. The highest BCUT2D eigenvalue weighted by molar-refractivity contribution is 6.23. The van der Waals surface area contributed by atoms with E-state index in [1.807, 2.05) is 42.5 Å². The molecule has 7 aromatic rings. The quantitative estimate of drug-likeness (QED) is 0.0589. The number of furan rings is 1. The molecule has 330 valence electrons. The van der Waals surface area contributed by atoms with Gasteiger partial charge in [0.2, 0.25) is 17.8 Å². The number of carbonyl (C=O) groups excluding carboxylic acids is 3. The summed E-state index contributed by atoms with van der Waals surface area (Å²) in [5.41, 5.74) is 1.68. The van der Waals surface area contributed by atoms with Crippen LogP contribution in [0.2, 0.25) is 0 Å². The highest BCUT2D eigenvalue weighted by atomic mass is 16.7. The van der Waals surface area contributed by atoms with Crippen molar-refractivity contribution in [3.63, 3.8) is 0 Å². The number of rotatable bonds is 5. The van der Waals surface area contributed by atoms with Crippen molar-refractivity contribution in [3.8, 4) is 51.4 Å². The summed E-state index contributed by atoms with van der Waals surface area (Å²) < 4.78 is 49.6. The van der Waals surface area contributed by atoms with E-state index in [-0.39, 0.29) is 54.1 Å². The summed E-state index contributed by atoms with van der Waals surface area (Å²) in [7, 11) is 0. The van der Waals surface area contributed by atoms with E-state index in [1.54, 1.807) is 36.4 Å². The smallest absolute Gasteiger partial charge is 0.340 e. The van der Waals surface area contributed by atoms with Gasteiger partial charge >= 0.3 is 17.9 Å². The van der Waals surface area contributed by atoms with Gasteiger partial charge in [-0.2, -0.15) is 0 Å². The van der Waals surface area contributed by atoms with Gasteiger partial charge in [0.15, 0.2) is 52.1 Å². The van der Waals surface area contributed by atoms with Crippen LogP contribution in [-0.4, -0.2) is 85.9 Å². The molecule has 3 aliphatic heterocycles. The molecule has 1 saturated heterocycles. The summed E-state index contributed by atoms with van der Waals surface area (Å²) in [6, 6.07) is 27.3. The maximum Gasteiger partial charge on any atom is 0.340 e. The predicted molar refractivity (Wildman–Crippen MR) is 224 cm³/mol. The van der Waals surface area contributed by atoms with Crippen molar-refractivity contribution in [2.75, 3.05) is 6.61 Å². The molecular formula is C48H36O17. The van der Waals surface area contributed by atoms with Crippen LogP contribution in [-0.2, 0) is 48.2 Å². The SMILES string of the molecule is O=C(O[C@@H]1OC2COCc3ccccc3-c3ccccc3CO[C@H]3C1OC(=O)c1cc(O)c(OCc4ccccc4)c4oc5c(O)c(O)cc(c5c14)C(=O)O[C@H]23)c1cc(O)c(O)c(O)c1. The number of phenols is 6. The van der Waals surface area contributed by atoms with E-state index in [2.05, 4.69) is 0 Å². The molecule has 4 heterocycles. The number of hydrogen-bond donors (Lipinski definition) is 6. The van der Waals surface area contributed by atoms with Crippen molar-refractivity contribution in [2.45, 2.75) is 50.5 Å². The first kappa shape index (κ1) is 41.0. The Bertz CT molecular complexity index is 3030. The summed E-state index contributed by atoms with van der Waals surface area (Å²) in [5.74, 6) is -8.66. The number of carbonyl (C=O) groups is 3. The van der Waals surface area contributed by atoms with E-state index in [1.165, 1.54) is 0 Å². The first-order valence-corrected chi connectivity index (χ1v) is 20.2. The van der Waals surface area contributed by atoms with Crippen LogP contribution in [0.1, 0.15) is 47.8 Å². The lowest BCUT2D eigenvalue weighted by Gasteiger charge is -2.44. The molecule has 1 fully saturated rings. The number of benzene rings is 6. The molecule has 17 nitrogen and oxygen atoms in total. The molecule has 0 aliphatic carbocycles. The van der Waals surface area contributed by atoms with E-state index in [0.29, 0.717) is 11.1 Å². The normalized spacial score (nSPS) is 20.6. The molecule has 0 amide bonds. The number of hydrogen-bond acceptors (Lipinski definition) is 17. The number of esters is 3. The standard InChI is InChI=1S/C48H36O17/c49-30-14-25(15-31(50)37(30)53)45(55)65-48-44-43-40(34(61-48)21-58-19-23-10-4-6-12-26(23)27-13-7-5-11-24(27)20-60-43)63-46(56)28-16-32(51)38(54)41-35(28)36-29(47(57)64-44)17-33(52)39(42(36)62-41)59-18-22-8-2-1-3-9-22/h1-17,34,40,43-44,48-54H,18-21H2/t34?,40-,43-,44?,48+/m1/s1. The van der Waals surface area contributed by atoms with Crippen molar-refractivity contribution in [3.05, 3.63) is 137 Å². The van der Waals surface area contributed by atoms with Crippen LogP contribution in [0.15, 0.2) is 108 Å². The monoisotopic (exact) mass is 884 g/mol. The molecular weight excluding hydrogens is 849 g/mol. The molecule has 3 aliphatic rings. The fourth-order valence-electron chi connectivity index (χ4n) is 8.37. The zero-order chi connectivity index (χ0) is 45.1. The summed E-state index contributed by atoms with van der Waals surface area (Å²) >= 11 is 0. The minimum atomic E-state index is -1.90. The highest BCUT2D eigenvalue weighted by Gasteiger charge is 2.54. The third-order valence-corrected chi connectivity index (χ3v) is 11.5. The van der Waals surface area contributed by atoms with Gasteiger partial charge in [0.05, 0.1) is 36.5 Å². The molecule has 1 aromatic heterocycles. The van der Waals surface area contributed by atoms with E-state index in [9.17, 15) is 45.0 Å². The van der Waals surface area contributed by atoms with Gasteiger partial charge in [-0.25, -0.2) is 14.4 Å². The molecule has 0 radical (unpaired) electrons. The molecule has 2 unspecified atom stereocenters. The lowest BCUT2D eigenvalue weighted by Crippen LogP contribution is -2.62. The summed E-state index contributed by atoms with van der Waals surface area (Å²) in [6.07, 6.45) is -8.13. The molecule has 65 heavy (non-hydrogen) atoms. The van der Waals surface area contributed by atoms with Crippen LogP contribution in [0.3, 0.4) is 0 Å². The molecule has 10 rings (SSSR count). The van der Waals surface area contributed by atoms with Gasteiger partial charge in [-0.05, 0) is 52.1 Å². The Morgan fingerprint density at radius 1 is 0.615 bits per heavy atom. The largest absolute Gasteiger partial charge is 0.504 e. The molecule has 0 saturated carbocycles. The van der Waals surface area contributed by atoms with E-state index in [4.69, 9.17) is 37.6 Å². The van der Waals surface area contributed by atoms with Crippen LogP contribution in [0.5, 0.6) is 40.2 Å². The van der Waals surface area contributed by atoms with E-state index >= 15 is 0 Å². The second-order valence-corrected chi connectivity index (χ2v) is 15.5. The topological polar surface area (TPSA) is 250 Å². The van der Waals surface area contributed by atoms with E-state index < -0.39 is 99.8 Å². The Labute approximate surface area is 366 Å². The molecule has 0 spiro atoms. The second kappa shape index (κ2) is 16.3. The Balaban J connectivity index is 1.15. The van der Waals surface area contributed by atoms with Crippen molar-refractivity contribution in [1.29, 1.82) is 0 Å². The van der Waals surface area contributed by atoms with Gasteiger partial charge in [0.25, 0.3) is 0 Å². The minimum absolute atomic E-state index is 0.0262. The lowest BCUT2D eigenvalue weighted by molar-refractivity contribution is -0.295. The minimum Gasteiger partial charge on any atom is -0.504 e. The number of aromatic hydroxyl groups is 6. The number of fused-ring (bicyclic) bond motifs is 3. The van der Waals surface area contributed by atoms with Crippen LogP contribution < -0.4 is 4.74 Å². The first-order valence-electron chi connectivity index (χ1n) is 20.2. The lowest BCUT2D eigenvalue weighted by atomic mass is 9.94. The third-order valence-electron chi connectivity index (χ3n) is 11.5. The average Bonchev–Trinajstić information content (AvgIpc) is 3.70. The van der Waals surface area contributed by atoms with Crippen LogP contribution >= 0.6 is 0 Å². The van der Waals surface area contributed by atoms with Crippen LogP contribution in [0.25, 0.3) is 33.1 Å². The maximum absolute atomic E-state index is 14.9. The fraction of sp³-hybridized carbons (Fsp3) is 0.188. The predicted octanol–water partition coefficient (Wildman–Crippen LogP) is 6.83. The van der Waals surface area contributed by atoms with Crippen molar-refractivity contribution < 1.29 is 82.6 Å². The van der Waals surface area contributed by atoms with Crippen molar-refractivity contribution in [1.82, 2.24) is 0 Å². The Kier molecular flexibility index (Phi) is 10.3. The van der Waals surface area contributed by atoms with Crippen LogP contribution in [0.4, 0.5) is 0 Å². The van der Waals surface area contributed by atoms with Gasteiger partial charge in [-0.1, -0.05) is 78.9 Å². The van der Waals surface area contributed by atoms with Crippen molar-refractivity contribution in [2.24, 2.45) is 0 Å². The van der Waals surface area contributed by atoms with Crippen molar-refractivity contribution >= 4 is 39.8 Å². The van der Waals surface area contributed by atoms with Gasteiger partial charge in [0.1, 0.15) is 18.8 Å². The Morgan fingerprint density at radius 2 is 1.20 bits per heavy atom. The second-order valence-electron chi connectivity index (χ2n) is 15.5. The Hall–Kier alpha value is -7.99. The molecule has 6 N–H and O–H groups in total. The first-order chi connectivity index (χ1) is 31.4. The number of phenolic OH excluding ortho intramolecular Hbond substituents is 6. The fourth-order valence-corrected chi connectivity index (χ4v) is 8.37. The zero-order valence-electron chi connectivity index (χ0n) is 33.7. The van der Waals surface area contributed by atoms with Gasteiger partial charge < -0.3 is 68.2 Å². The van der Waals surface area contributed by atoms with Gasteiger partial charge in [-0.15, -0.1) is 0 Å². The molecule has 6 aromatic carbocycles. The van der Waals surface area contributed by atoms with E-state index in [0.717, 1.165) is 41.0 Å². The zero-order valence-corrected chi connectivity index (χ0v) is 33.7. The van der Waals surface area contributed by atoms with Crippen LogP contribution in [0, 0.1) is 0 Å². The Morgan fingerprint density at radius 3 is 1.89 bits per heavy atom. The van der Waals surface area contributed by atoms with Gasteiger partial charge in [0, 0.05) is 10.8 Å². The molecule has 5 atom stereocenters.